The quantitative estimate of drug-likeness (QED) is 0.0261. The first-order valence-electron chi connectivity index (χ1n) is 34.3. The number of hydrogen-bond donors (Lipinski definition) is 0. The van der Waals surface area contributed by atoms with Gasteiger partial charge in [0.25, 0.3) is 0 Å². The average Bonchev–Trinajstić information content (AvgIpc) is 3.44. The molecule has 0 aliphatic heterocycles. The van der Waals surface area contributed by atoms with Gasteiger partial charge < -0.3 is 14.2 Å². The van der Waals surface area contributed by atoms with Gasteiger partial charge in [-0.25, -0.2) is 0 Å². The lowest BCUT2D eigenvalue weighted by atomic mass is 10.0. The molecule has 0 amide bonds. The number of unbranched alkanes of at least 4 members (excludes halogenated alkanes) is 42. The molecule has 454 valence electrons. The molecule has 0 aromatic rings. The van der Waals surface area contributed by atoms with Gasteiger partial charge in [-0.3, -0.25) is 14.4 Å². The van der Waals surface area contributed by atoms with Crippen LogP contribution in [-0.2, 0) is 28.6 Å². The van der Waals surface area contributed by atoms with Crippen LogP contribution >= 0.6 is 0 Å². The molecule has 78 heavy (non-hydrogen) atoms. The zero-order valence-electron chi connectivity index (χ0n) is 52.2. The molecule has 0 saturated heterocycles. The maximum atomic E-state index is 12.9. The first kappa shape index (κ1) is 75.1. The van der Waals surface area contributed by atoms with Crippen molar-refractivity contribution in [3.63, 3.8) is 0 Å². The van der Waals surface area contributed by atoms with Crippen LogP contribution in [0.15, 0.2) is 60.8 Å². The molecule has 0 aliphatic rings. The molecule has 6 nitrogen and oxygen atoms in total. The minimum atomic E-state index is -0.774. The summed E-state index contributed by atoms with van der Waals surface area (Å²) >= 11 is 0. The molecule has 0 rings (SSSR count). The van der Waals surface area contributed by atoms with Crippen LogP contribution in [0.4, 0.5) is 0 Å². The Morgan fingerprint density at radius 1 is 0.269 bits per heavy atom. The first-order valence-corrected chi connectivity index (χ1v) is 34.3. The standard InChI is InChI=1S/C72H130O6/c1-4-7-10-13-16-19-22-24-26-28-29-30-31-32-33-34-35-36-37-38-39-40-41-42-43-44-46-47-50-53-56-59-62-65-71(74)77-68-69(67-76-70(73)64-61-58-55-52-49-21-18-15-12-9-6-3)78-72(75)66-63-60-57-54-51-48-45-27-25-23-20-17-14-11-8-5-2/h7,10,16,19,24,26-27,29-30,45,69H,4-6,8-9,11-15,17-18,20-23,25,28,31-44,46-68H2,1-3H3/b10-7-,19-16-,26-24-,30-29-,45-27-. The maximum absolute atomic E-state index is 12.9. The summed E-state index contributed by atoms with van der Waals surface area (Å²) in [6, 6.07) is 0. The van der Waals surface area contributed by atoms with E-state index < -0.39 is 6.10 Å². The zero-order chi connectivity index (χ0) is 56.4. The minimum Gasteiger partial charge on any atom is -0.462 e. The van der Waals surface area contributed by atoms with Gasteiger partial charge in [0, 0.05) is 19.3 Å². The fourth-order valence-electron chi connectivity index (χ4n) is 10.1. The van der Waals surface area contributed by atoms with Gasteiger partial charge in [-0.05, 0) is 83.5 Å². The van der Waals surface area contributed by atoms with Crippen molar-refractivity contribution in [3.05, 3.63) is 60.8 Å². The normalized spacial score (nSPS) is 12.4. The summed E-state index contributed by atoms with van der Waals surface area (Å²) in [5, 5.41) is 0. The van der Waals surface area contributed by atoms with Crippen LogP contribution in [-0.4, -0.2) is 37.2 Å². The highest BCUT2D eigenvalue weighted by Gasteiger charge is 2.19. The predicted molar refractivity (Wildman–Crippen MR) is 339 cm³/mol. The molecular weight excluding hydrogens is 961 g/mol. The van der Waals surface area contributed by atoms with Crippen molar-refractivity contribution in [2.24, 2.45) is 0 Å². The van der Waals surface area contributed by atoms with Crippen LogP contribution in [0.25, 0.3) is 0 Å². The maximum Gasteiger partial charge on any atom is 0.306 e. The van der Waals surface area contributed by atoms with E-state index in [9.17, 15) is 14.4 Å². The Bertz CT molecular complexity index is 1390. The largest absolute Gasteiger partial charge is 0.462 e. The van der Waals surface area contributed by atoms with Crippen LogP contribution < -0.4 is 0 Å². The second-order valence-electron chi connectivity index (χ2n) is 23.1. The third-order valence-electron chi connectivity index (χ3n) is 15.3. The van der Waals surface area contributed by atoms with Gasteiger partial charge in [-0.1, -0.05) is 319 Å². The molecule has 0 saturated carbocycles. The summed E-state index contributed by atoms with van der Waals surface area (Å²) < 4.78 is 16.9. The molecule has 1 unspecified atom stereocenters. The van der Waals surface area contributed by atoms with E-state index in [0.29, 0.717) is 19.3 Å². The second-order valence-corrected chi connectivity index (χ2v) is 23.1. The van der Waals surface area contributed by atoms with Gasteiger partial charge >= 0.3 is 17.9 Å². The number of carbonyl (C=O) groups is 3. The Morgan fingerprint density at radius 3 is 0.795 bits per heavy atom. The van der Waals surface area contributed by atoms with E-state index >= 15 is 0 Å². The molecule has 0 aromatic heterocycles. The van der Waals surface area contributed by atoms with Gasteiger partial charge in [0.2, 0.25) is 0 Å². The van der Waals surface area contributed by atoms with E-state index in [1.165, 1.54) is 231 Å². The van der Waals surface area contributed by atoms with E-state index in [1.807, 2.05) is 0 Å². The fourth-order valence-corrected chi connectivity index (χ4v) is 10.1. The van der Waals surface area contributed by atoms with Crippen molar-refractivity contribution >= 4 is 17.9 Å². The van der Waals surface area contributed by atoms with Crippen molar-refractivity contribution in [3.8, 4) is 0 Å². The number of hydrogen-bond acceptors (Lipinski definition) is 6. The highest BCUT2D eigenvalue weighted by atomic mass is 16.6. The van der Waals surface area contributed by atoms with Crippen molar-refractivity contribution < 1.29 is 28.6 Å². The van der Waals surface area contributed by atoms with Crippen LogP contribution in [0, 0.1) is 0 Å². The molecule has 0 fully saturated rings. The predicted octanol–water partition coefficient (Wildman–Crippen LogP) is 23.5. The van der Waals surface area contributed by atoms with Gasteiger partial charge in [0.05, 0.1) is 0 Å². The fraction of sp³-hybridized carbons (Fsp3) is 0.819. The SMILES string of the molecule is CC/C=C\C/C=C\C/C=C\C/C=C\CCCCCCCCCCCCCCCCCCCCCCC(=O)OCC(COC(=O)CCCCCCCCCCCCC)OC(=O)CCCCCCC/C=C\CCCCCCCCC. The van der Waals surface area contributed by atoms with Gasteiger partial charge in [0.1, 0.15) is 13.2 Å². The highest BCUT2D eigenvalue weighted by Crippen LogP contribution is 2.18. The Morgan fingerprint density at radius 2 is 0.500 bits per heavy atom. The molecule has 0 N–H and O–H groups in total. The molecule has 0 spiro atoms. The molecule has 0 bridgehead atoms. The Kier molecular flexibility index (Phi) is 64.2. The molecule has 0 aromatic carbocycles. The molecule has 0 aliphatic carbocycles. The van der Waals surface area contributed by atoms with Gasteiger partial charge in [0.15, 0.2) is 6.10 Å². The Balaban J connectivity index is 4.08. The number of ether oxygens (including phenoxy) is 3. The number of rotatable bonds is 63. The molecule has 1 atom stereocenters. The van der Waals surface area contributed by atoms with Crippen LogP contribution in [0.3, 0.4) is 0 Å². The van der Waals surface area contributed by atoms with Crippen molar-refractivity contribution in [2.45, 2.75) is 367 Å². The monoisotopic (exact) mass is 1090 g/mol. The summed E-state index contributed by atoms with van der Waals surface area (Å²) in [4.78, 5) is 38.3. The minimum absolute atomic E-state index is 0.0712. The molecular formula is C72H130O6. The van der Waals surface area contributed by atoms with E-state index in [-0.39, 0.29) is 31.1 Å². The topological polar surface area (TPSA) is 78.9 Å². The summed E-state index contributed by atoms with van der Waals surface area (Å²) in [6.45, 7) is 6.56. The Hall–Kier alpha value is -2.89. The van der Waals surface area contributed by atoms with Crippen LogP contribution in [0.1, 0.15) is 361 Å². The molecule has 6 heteroatoms. The lowest BCUT2D eigenvalue weighted by Crippen LogP contribution is -2.30. The summed E-state index contributed by atoms with van der Waals surface area (Å²) in [6.07, 6.45) is 85.4. The summed E-state index contributed by atoms with van der Waals surface area (Å²) in [5.41, 5.74) is 0. The Labute approximate surface area is 485 Å². The molecule has 0 radical (unpaired) electrons. The summed E-state index contributed by atoms with van der Waals surface area (Å²) in [5.74, 6) is -0.858. The summed E-state index contributed by atoms with van der Waals surface area (Å²) in [7, 11) is 0. The zero-order valence-corrected chi connectivity index (χ0v) is 52.2. The van der Waals surface area contributed by atoms with Crippen molar-refractivity contribution in [2.75, 3.05) is 13.2 Å². The van der Waals surface area contributed by atoms with E-state index in [4.69, 9.17) is 14.2 Å². The first-order chi connectivity index (χ1) is 38.5. The number of carbonyl (C=O) groups excluding carboxylic acids is 3. The van der Waals surface area contributed by atoms with Gasteiger partial charge in [-0.15, -0.1) is 0 Å². The van der Waals surface area contributed by atoms with E-state index in [1.54, 1.807) is 0 Å². The lowest BCUT2D eigenvalue weighted by Gasteiger charge is -2.18. The second kappa shape index (κ2) is 66.6. The van der Waals surface area contributed by atoms with Crippen molar-refractivity contribution in [1.82, 2.24) is 0 Å². The van der Waals surface area contributed by atoms with Crippen molar-refractivity contribution in [1.29, 1.82) is 0 Å². The van der Waals surface area contributed by atoms with Crippen LogP contribution in [0.5, 0.6) is 0 Å². The third-order valence-corrected chi connectivity index (χ3v) is 15.3. The number of esters is 3. The third kappa shape index (κ3) is 63.9. The van der Waals surface area contributed by atoms with E-state index in [0.717, 1.165) is 89.9 Å². The smallest absolute Gasteiger partial charge is 0.306 e. The average molecular weight is 1090 g/mol. The van der Waals surface area contributed by atoms with Gasteiger partial charge in [-0.2, -0.15) is 0 Å². The highest BCUT2D eigenvalue weighted by molar-refractivity contribution is 5.71. The van der Waals surface area contributed by atoms with Crippen LogP contribution in [0.2, 0.25) is 0 Å². The lowest BCUT2D eigenvalue weighted by molar-refractivity contribution is -0.167. The molecule has 0 heterocycles. The van der Waals surface area contributed by atoms with E-state index in [2.05, 4.69) is 81.5 Å². The number of allylic oxidation sites excluding steroid dienone is 10.